The van der Waals surface area contributed by atoms with Gasteiger partial charge in [-0.25, -0.2) is 19.5 Å². The van der Waals surface area contributed by atoms with Crippen LogP contribution in [0.4, 0.5) is 23.4 Å². The van der Waals surface area contributed by atoms with E-state index in [4.69, 9.17) is 9.56 Å². The monoisotopic (exact) mass is 531 g/mol. The van der Waals surface area contributed by atoms with Gasteiger partial charge in [0.2, 0.25) is 0 Å². The van der Waals surface area contributed by atoms with Gasteiger partial charge in [-0.15, -0.1) is 0 Å². The lowest BCUT2D eigenvalue weighted by atomic mass is 10.1. The van der Waals surface area contributed by atoms with Crippen LogP contribution >= 0.6 is 0 Å². The highest BCUT2D eigenvalue weighted by Crippen LogP contribution is 2.32. The molecule has 1 fully saturated rings. The van der Waals surface area contributed by atoms with Crippen molar-refractivity contribution in [1.82, 2.24) is 14.5 Å². The van der Waals surface area contributed by atoms with Crippen LogP contribution in [-0.4, -0.2) is 47.6 Å². The van der Waals surface area contributed by atoms with Gasteiger partial charge in [-0.2, -0.15) is 21.6 Å². The van der Waals surface area contributed by atoms with E-state index in [1.54, 1.807) is 0 Å². The van der Waals surface area contributed by atoms with Gasteiger partial charge in [-0.3, -0.25) is 8.98 Å². The van der Waals surface area contributed by atoms with Gasteiger partial charge < -0.3 is 14.3 Å². The van der Waals surface area contributed by atoms with Crippen molar-refractivity contribution in [1.29, 1.82) is 0 Å². The number of nitrogens with zero attached hydrogens (tertiary/aromatic N) is 3. The average Bonchev–Trinajstić information content (AvgIpc) is 3.53. The second-order valence-corrected chi connectivity index (χ2v) is 9.59. The van der Waals surface area contributed by atoms with Crippen molar-refractivity contribution in [3.63, 3.8) is 0 Å². The number of alkyl halides is 4. The van der Waals surface area contributed by atoms with Gasteiger partial charge >= 0.3 is 16.5 Å². The maximum Gasteiger partial charge on any atom is 0.419 e. The summed E-state index contributed by atoms with van der Waals surface area (Å²) in [4.78, 5) is 21.0. The number of halogens is 4. The minimum atomic E-state index is -4.52. The fourth-order valence-electron chi connectivity index (χ4n) is 3.97. The summed E-state index contributed by atoms with van der Waals surface area (Å²) in [5.74, 6) is -0.761. The molecule has 10 nitrogen and oxygen atoms in total. The third-order valence-electron chi connectivity index (χ3n) is 5.66. The zero-order valence-electron chi connectivity index (χ0n) is 18.5. The van der Waals surface area contributed by atoms with E-state index in [0.717, 1.165) is 6.07 Å². The summed E-state index contributed by atoms with van der Waals surface area (Å²) in [6.45, 7) is -0.298. The van der Waals surface area contributed by atoms with Crippen molar-refractivity contribution >= 4 is 21.9 Å². The van der Waals surface area contributed by atoms with Gasteiger partial charge in [0.05, 0.1) is 30.3 Å². The molecule has 0 aromatic carbocycles. The number of carbonyl (C=O) groups is 1. The standard InChI is InChI=1S/C21H21F4N5O5S/c22-17-3-12(9-35-36(26,32)33)4-18(17)29-20-16(6-27-11-28-20)19(31)13-1-2-30(7-13)8-15-5-14(10-34-15)21(23,24)25/h1-2,5-7,10-12,17-18H,3-4,8-9H2,(H2,26,32,33)(H,27,28,29)/t12-,17+,18-/m1/s1. The SMILES string of the molecule is NS(=O)(=O)OC[C@@H]1C[C@H](F)[C@H](Nc2ncncc2C(=O)c2ccn(Cc3cc(C(F)(F)F)co3)c2)C1. The molecule has 0 spiro atoms. The number of rotatable bonds is 9. The van der Waals surface area contributed by atoms with Gasteiger partial charge in [0.1, 0.15) is 30.3 Å². The van der Waals surface area contributed by atoms with Gasteiger partial charge in [0, 0.05) is 24.2 Å². The number of anilines is 1. The molecule has 36 heavy (non-hydrogen) atoms. The number of hydrogen-bond donors (Lipinski definition) is 2. The molecule has 3 heterocycles. The predicted octanol–water partition coefficient (Wildman–Crippen LogP) is 2.92. The van der Waals surface area contributed by atoms with E-state index in [9.17, 15) is 30.8 Å². The Bertz CT molecular complexity index is 1340. The highest BCUT2D eigenvalue weighted by Gasteiger charge is 2.36. The average molecular weight is 531 g/mol. The van der Waals surface area contributed by atoms with Crippen LogP contribution in [0.2, 0.25) is 0 Å². The molecule has 1 aliphatic rings. The number of nitrogens with two attached hydrogens (primary N) is 1. The second kappa shape index (κ2) is 9.99. The molecule has 0 unspecified atom stereocenters. The van der Waals surface area contributed by atoms with E-state index in [1.807, 2.05) is 0 Å². The molecule has 194 valence electrons. The molecule has 3 aromatic rings. The number of furan rings is 1. The molecule has 1 saturated carbocycles. The normalized spacial score (nSPS) is 20.5. The van der Waals surface area contributed by atoms with E-state index >= 15 is 0 Å². The Balaban J connectivity index is 1.44. The minimum Gasteiger partial charge on any atom is -0.467 e. The first-order valence-corrected chi connectivity index (χ1v) is 12.1. The molecule has 15 heteroatoms. The van der Waals surface area contributed by atoms with Crippen LogP contribution < -0.4 is 10.5 Å². The minimum absolute atomic E-state index is 0.0344. The fourth-order valence-corrected chi connectivity index (χ4v) is 4.35. The Morgan fingerprint density at radius 2 is 2.11 bits per heavy atom. The van der Waals surface area contributed by atoms with Gasteiger partial charge in [-0.1, -0.05) is 0 Å². The maximum atomic E-state index is 14.6. The highest BCUT2D eigenvalue weighted by atomic mass is 32.2. The van der Waals surface area contributed by atoms with Crippen molar-refractivity contribution < 1.29 is 39.4 Å². The quantitative estimate of drug-likeness (QED) is 0.317. The van der Waals surface area contributed by atoms with E-state index in [1.165, 1.54) is 35.6 Å². The zero-order chi connectivity index (χ0) is 26.1. The Hall–Kier alpha value is -3.30. The van der Waals surface area contributed by atoms with Crippen molar-refractivity contribution in [2.24, 2.45) is 11.1 Å². The van der Waals surface area contributed by atoms with E-state index in [2.05, 4.69) is 19.5 Å². The van der Waals surface area contributed by atoms with Crippen LogP contribution in [0.25, 0.3) is 0 Å². The molecule has 3 atom stereocenters. The van der Waals surface area contributed by atoms with Crippen molar-refractivity contribution in [2.75, 3.05) is 11.9 Å². The van der Waals surface area contributed by atoms with Gasteiger partial charge in [0.25, 0.3) is 0 Å². The van der Waals surface area contributed by atoms with E-state index in [-0.39, 0.29) is 48.7 Å². The van der Waals surface area contributed by atoms with Crippen LogP contribution in [-0.2, 0) is 27.2 Å². The largest absolute Gasteiger partial charge is 0.467 e. The number of aromatic nitrogens is 3. The van der Waals surface area contributed by atoms with Crippen LogP contribution in [0.15, 0.2) is 47.7 Å². The lowest BCUT2D eigenvalue weighted by Gasteiger charge is -2.17. The second-order valence-electron chi connectivity index (χ2n) is 8.37. The first-order valence-electron chi connectivity index (χ1n) is 10.6. The third-order valence-corrected chi connectivity index (χ3v) is 6.13. The van der Waals surface area contributed by atoms with Crippen LogP contribution in [0.3, 0.4) is 0 Å². The summed E-state index contributed by atoms with van der Waals surface area (Å²) >= 11 is 0. The molecular formula is C21H21F4N5O5S. The van der Waals surface area contributed by atoms with Crippen molar-refractivity contribution in [3.8, 4) is 0 Å². The molecule has 0 amide bonds. The van der Waals surface area contributed by atoms with Crippen LogP contribution in [0.1, 0.15) is 40.1 Å². The number of ketones is 1. The Morgan fingerprint density at radius 1 is 1.33 bits per heavy atom. The van der Waals surface area contributed by atoms with E-state index in [0.29, 0.717) is 6.26 Å². The summed E-state index contributed by atoms with van der Waals surface area (Å²) in [6, 6.07) is 1.60. The lowest BCUT2D eigenvalue weighted by Crippen LogP contribution is -2.27. The first-order chi connectivity index (χ1) is 16.9. The number of nitrogens with one attached hydrogen (secondary N) is 1. The molecule has 0 radical (unpaired) electrons. The maximum absolute atomic E-state index is 14.6. The molecule has 3 aromatic heterocycles. The number of hydrogen-bond acceptors (Lipinski definition) is 8. The topological polar surface area (TPSA) is 142 Å². The Kier molecular flexibility index (Phi) is 7.15. The van der Waals surface area contributed by atoms with Crippen molar-refractivity contribution in [3.05, 3.63) is 65.8 Å². The fraction of sp³-hybridized carbons (Fsp3) is 0.381. The van der Waals surface area contributed by atoms with Crippen molar-refractivity contribution in [2.45, 2.75) is 37.8 Å². The van der Waals surface area contributed by atoms with Crippen LogP contribution in [0, 0.1) is 5.92 Å². The summed E-state index contributed by atoms with van der Waals surface area (Å²) < 4.78 is 85.8. The predicted molar refractivity (Wildman–Crippen MR) is 117 cm³/mol. The van der Waals surface area contributed by atoms with Gasteiger partial charge in [0.15, 0.2) is 5.78 Å². The molecular weight excluding hydrogens is 510 g/mol. The molecule has 1 aliphatic carbocycles. The summed E-state index contributed by atoms with van der Waals surface area (Å²) in [5.41, 5.74) is -0.642. The summed E-state index contributed by atoms with van der Waals surface area (Å²) in [6.07, 6.45) is 0.381. The van der Waals surface area contributed by atoms with Crippen LogP contribution in [0.5, 0.6) is 0 Å². The first kappa shape index (κ1) is 25.8. The Morgan fingerprint density at radius 3 is 2.81 bits per heavy atom. The molecule has 0 bridgehead atoms. The lowest BCUT2D eigenvalue weighted by molar-refractivity contribution is -0.137. The smallest absolute Gasteiger partial charge is 0.419 e. The molecule has 0 saturated heterocycles. The third kappa shape index (κ3) is 6.27. The summed E-state index contributed by atoms with van der Waals surface area (Å²) in [7, 11) is -4.14. The zero-order valence-corrected chi connectivity index (χ0v) is 19.3. The Labute approximate surface area is 202 Å². The molecule has 4 rings (SSSR count). The van der Waals surface area contributed by atoms with Gasteiger partial charge in [-0.05, 0) is 30.9 Å². The summed E-state index contributed by atoms with van der Waals surface area (Å²) in [5, 5.41) is 7.70. The number of carbonyl (C=O) groups excluding carboxylic acids is 1. The highest BCUT2D eigenvalue weighted by molar-refractivity contribution is 7.84. The molecule has 0 aliphatic heterocycles. The molecule has 3 N–H and O–H groups in total. The van der Waals surface area contributed by atoms with E-state index < -0.39 is 46.0 Å².